The predicted octanol–water partition coefficient (Wildman–Crippen LogP) is 6.46. The number of benzene rings is 3. The van der Waals surface area contributed by atoms with Gasteiger partial charge in [-0.25, -0.2) is 0 Å². The number of carbonyl (C=O) groups is 2. The quantitative estimate of drug-likeness (QED) is 0.305. The number of fused-ring (bicyclic) bond motifs is 1. The van der Waals surface area contributed by atoms with Crippen LogP contribution in [0.1, 0.15) is 20.0 Å². The van der Waals surface area contributed by atoms with Crippen LogP contribution in [0.15, 0.2) is 66.7 Å². The monoisotopic (exact) mass is 538 g/mol. The number of hydrogen-bond acceptors (Lipinski definition) is 5. The van der Waals surface area contributed by atoms with Crippen molar-refractivity contribution in [1.82, 2.24) is 4.90 Å². The van der Waals surface area contributed by atoms with Crippen molar-refractivity contribution in [3.8, 4) is 0 Å². The largest absolute Gasteiger partial charge is 0.369 e. The van der Waals surface area contributed by atoms with Gasteiger partial charge in [-0.05, 0) is 55.6 Å². The molecule has 0 spiro atoms. The van der Waals surface area contributed by atoms with Gasteiger partial charge in [-0.3, -0.25) is 9.59 Å². The van der Waals surface area contributed by atoms with Crippen LogP contribution in [0, 0.1) is 0 Å². The molecular weight excluding hydrogens is 515 g/mol. The summed E-state index contributed by atoms with van der Waals surface area (Å²) in [6.45, 7) is 3.60. The van der Waals surface area contributed by atoms with Gasteiger partial charge in [-0.2, -0.15) is 0 Å². The lowest BCUT2D eigenvalue weighted by atomic mass is 10.1. The van der Waals surface area contributed by atoms with Crippen molar-refractivity contribution in [3.05, 3.63) is 87.2 Å². The second kappa shape index (κ2) is 10.5. The SMILES string of the molecule is CN1CCN(c2ccc(NC(=O)c3sc4ccccc4c3Cl)c(C(=O)Nc3ccc(Cl)cc3)c2)CC1. The van der Waals surface area contributed by atoms with Gasteiger partial charge in [0.15, 0.2) is 0 Å². The number of amides is 2. The van der Waals surface area contributed by atoms with E-state index in [1.807, 2.05) is 36.4 Å². The lowest BCUT2D eigenvalue weighted by Gasteiger charge is -2.34. The van der Waals surface area contributed by atoms with Crippen LogP contribution in [0.25, 0.3) is 10.1 Å². The molecule has 36 heavy (non-hydrogen) atoms. The Morgan fingerprint density at radius 2 is 1.58 bits per heavy atom. The van der Waals surface area contributed by atoms with Crippen molar-refractivity contribution in [2.45, 2.75) is 0 Å². The molecule has 3 aromatic carbocycles. The molecule has 1 aliphatic heterocycles. The van der Waals surface area contributed by atoms with Gasteiger partial charge in [0.05, 0.1) is 16.3 Å². The molecule has 2 heterocycles. The Labute approximate surface area is 223 Å². The molecule has 184 valence electrons. The first-order chi connectivity index (χ1) is 17.4. The van der Waals surface area contributed by atoms with Crippen LogP contribution in [-0.2, 0) is 0 Å². The smallest absolute Gasteiger partial charge is 0.267 e. The van der Waals surface area contributed by atoms with Gasteiger partial charge >= 0.3 is 0 Å². The van der Waals surface area contributed by atoms with Crippen LogP contribution in [0.5, 0.6) is 0 Å². The summed E-state index contributed by atoms with van der Waals surface area (Å²) in [5.41, 5.74) is 2.33. The number of rotatable bonds is 5. The number of anilines is 3. The number of hydrogen-bond donors (Lipinski definition) is 2. The first kappa shape index (κ1) is 24.6. The number of carbonyl (C=O) groups excluding carboxylic acids is 2. The fraction of sp³-hybridized carbons (Fsp3) is 0.185. The van der Waals surface area contributed by atoms with Crippen LogP contribution in [-0.4, -0.2) is 49.9 Å². The van der Waals surface area contributed by atoms with E-state index in [-0.39, 0.29) is 11.8 Å². The van der Waals surface area contributed by atoms with Crippen LogP contribution in [0.4, 0.5) is 17.1 Å². The van der Waals surface area contributed by atoms with Gasteiger partial charge < -0.3 is 20.4 Å². The third kappa shape index (κ3) is 5.20. The predicted molar refractivity (Wildman–Crippen MR) is 150 cm³/mol. The molecule has 1 aromatic heterocycles. The first-order valence-electron chi connectivity index (χ1n) is 11.5. The molecule has 2 amide bonds. The number of thiophene rings is 1. The molecule has 0 bridgehead atoms. The van der Waals surface area contributed by atoms with Crippen molar-refractivity contribution in [3.63, 3.8) is 0 Å². The Balaban J connectivity index is 1.46. The highest BCUT2D eigenvalue weighted by atomic mass is 35.5. The fourth-order valence-corrected chi connectivity index (χ4v) is 5.70. The molecule has 9 heteroatoms. The number of piperazine rings is 1. The maximum Gasteiger partial charge on any atom is 0.267 e. The minimum Gasteiger partial charge on any atom is -0.369 e. The number of likely N-dealkylation sites (N-methyl/N-ethyl adjacent to an activating group) is 1. The summed E-state index contributed by atoms with van der Waals surface area (Å²) in [5.74, 6) is -0.680. The lowest BCUT2D eigenvalue weighted by Crippen LogP contribution is -2.44. The van der Waals surface area contributed by atoms with Crippen molar-refractivity contribution >= 4 is 73.5 Å². The summed E-state index contributed by atoms with van der Waals surface area (Å²) in [5, 5.41) is 7.66. The zero-order valence-corrected chi connectivity index (χ0v) is 21.9. The molecule has 2 N–H and O–H groups in total. The molecule has 6 nitrogen and oxygen atoms in total. The highest BCUT2D eigenvalue weighted by Gasteiger charge is 2.22. The minimum atomic E-state index is -0.353. The van der Waals surface area contributed by atoms with Crippen molar-refractivity contribution in [2.75, 3.05) is 48.8 Å². The molecule has 0 saturated carbocycles. The van der Waals surface area contributed by atoms with E-state index >= 15 is 0 Å². The van der Waals surface area contributed by atoms with Crippen LogP contribution >= 0.6 is 34.5 Å². The summed E-state index contributed by atoms with van der Waals surface area (Å²) in [6, 6.07) is 20.1. The molecule has 0 atom stereocenters. The van der Waals surface area contributed by atoms with Gasteiger partial charge in [-0.1, -0.05) is 41.4 Å². The molecule has 0 aliphatic carbocycles. The summed E-state index contributed by atoms with van der Waals surface area (Å²) in [4.78, 5) is 31.6. The number of nitrogens with one attached hydrogen (secondary N) is 2. The fourth-order valence-electron chi connectivity index (χ4n) is 4.16. The zero-order valence-electron chi connectivity index (χ0n) is 19.6. The van der Waals surface area contributed by atoms with E-state index in [0.29, 0.717) is 31.9 Å². The molecule has 4 aromatic rings. The second-order valence-corrected chi connectivity index (χ2v) is 10.5. The summed E-state index contributed by atoms with van der Waals surface area (Å²) >= 11 is 13.8. The summed E-state index contributed by atoms with van der Waals surface area (Å²) in [6.07, 6.45) is 0. The van der Waals surface area contributed by atoms with E-state index in [0.717, 1.165) is 42.0 Å². The third-order valence-electron chi connectivity index (χ3n) is 6.21. The number of nitrogens with zero attached hydrogens (tertiary/aromatic N) is 2. The van der Waals surface area contributed by atoms with Crippen molar-refractivity contribution in [1.29, 1.82) is 0 Å². The molecule has 0 radical (unpaired) electrons. The van der Waals surface area contributed by atoms with E-state index in [2.05, 4.69) is 27.5 Å². The van der Waals surface area contributed by atoms with Crippen LogP contribution in [0.3, 0.4) is 0 Å². The van der Waals surface area contributed by atoms with Crippen molar-refractivity contribution < 1.29 is 9.59 Å². The Kier molecular flexibility index (Phi) is 7.16. The Hall–Kier alpha value is -3.10. The highest BCUT2D eigenvalue weighted by Crippen LogP contribution is 2.36. The van der Waals surface area contributed by atoms with Gasteiger partial charge in [0, 0.05) is 52.7 Å². The van der Waals surface area contributed by atoms with Crippen LogP contribution in [0.2, 0.25) is 10.0 Å². The van der Waals surface area contributed by atoms with Crippen LogP contribution < -0.4 is 15.5 Å². The van der Waals surface area contributed by atoms with E-state index in [1.54, 1.807) is 30.3 Å². The molecule has 0 unspecified atom stereocenters. The maximum atomic E-state index is 13.4. The second-order valence-electron chi connectivity index (χ2n) is 8.68. The molecule has 1 fully saturated rings. The summed E-state index contributed by atoms with van der Waals surface area (Å²) in [7, 11) is 2.10. The van der Waals surface area contributed by atoms with Gasteiger partial charge in [0.1, 0.15) is 4.88 Å². The molecule has 1 saturated heterocycles. The Morgan fingerprint density at radius 3 is 2.31 bits per heavy atom. The zero-order chi connectivity index (χ0) is 25.2. The minimum absolute atomic E-state index is 0.328. The Bertz CT molecular complexity index is 1430. The van der Waals surface area contributed by atoms with Gasteiger partial charge in [0.2, 0.25) is 0 Å². The topological polar surface area (TPSA) is 64.7 Å². The van der Waals surface area contributed by atoms with E-state index in [9.17, 15) is 9.59 Å². The van der Waals surface area contributed by atoms with E-state index in [1.165, 1.54) is 11.3 Å². The maximum absolute atomic E-state index is 13.4. The van der Waals surface area contributed by atoms with Gasteiger partial charge in [0.25, 0.3) is 11.8 Å². The van der Waals surface area contributed by atoms with E-state index < -0.39 is 0 Å². The highest BCUT2D eigenvalue weighted by molar-refractivity contribution is 7.21. The third-order valence-corrected chi connectivity index (χ3v) is 8.13. The molecule has 5 rings (SSSR count). The average Bonchev–Trinajstić information content (AvgIpc) is 3.23. The van der Waals surface area contributed by atoms with Crippen molar-refractivity contribution in [2.24, 2.45) is 0 Å². The lowest BCUT2D eigenvalue weighted by molar-refractivity contribution is 0.102. The standard InChI is InChI=1S/C27H24Cl2N4O2S/c1-32-12-14-33(15-13-32)19-10-11-22(21(16-19)26(34)30-18-8-6-17(28)7-9-18)31-27(35)25-24(29)20-4-2-3-5-23(20)36-25/h2-11,16H,12-15H2,1H3,(H,30,34)(H,31,35). The van der Waals surface area contributed by atoms with E-state index in [4.69, 9.17) is 23.2 Å². The normalized spacial score (nSPS) is 14.1. The first-order valence-corrected chi connectivity index (χ1v) is 13.1. The summed E-state index contributed by atoms with van der Waals surface area (Å²) < 4.78 is 0.929. The van der Waals surface area contributed by atoms with Gasteiger partial charge in [-0.15, -0.1) is 11.3 Å². The molecular formula is C27H24Cl2N4O2S. The Morgan fingerprint density at radius 1 is 0.861 bits per heavy atom. The average molecular weight is 539 g/mol. The number of halogens is 2. The molecule has 1 aliphatic rings.